The Balaban J connectivity index is 1.84. The van der Waals surface area contributed by atoms with E-state index in [-0.39, 0.29) is 22.8 Å². The van der Waals surface area contributed by atoms with Gasteiger partial charge in [-0.05, 0) is 24.3 Å². The molecule has 0 aliphatic heterocycles. The summed E-state index contributed by atoms with van der Waals surface area (Å²) in [5.41, 5.74) is 1.39. The minimum absolute atomic E-state index is 0.0775. The summed E-state index contributed by atoms with van der Waals surface area (Å²) in [4.78, 5) is 27.2. The number of rotatable bonds is 4. The highest BCUT2D eigenvalue weighted by atomic mass is 35.5. The number of aromatic nitrogens is 2. The van der Waals surface area contributed by atoms with Crippen molar-refractivity contribution in [3.8, 4) is 0 Å². The first-order valence-electron chi connectivity index (χ1n) is 7.10. The van der Waals surface area contributed by atoms with Gasteiger partial charge in [-0.25, -0.2) is 4.98 Å². The van der Waals surface area contributed by atoms with E-state index in [0.717, 1.165) is 11.0 Å². The van der Waals surface area contributed by atoms with E-state index in [9.17, 15) is 14.9 Å². The van der Waals surface area contributed by atoms with Crippen molar-refractivity contribution in [3.63, 3.8) is 0 Å². The van der Waals surface area contributed by atoms with Crippen molar-refractivity contribution in [2.24, 2.45) is 7.05 Å². The number of benzene rings is 2. The largest absolute Gasteiger partial charge is 0.345 e. The fraction of sp³-hybridized carbons (Fsp3) is 0.125. The van der Waals surface area contributed by atoms with Gasteiger partial charge < -0.3 is 9.88 Å². The summed E-state index contributed by atoms with van der Waals surface area (Å²) >= 11 is 5.84. The van der Waals surface area contributed by atoms with E-state index >= 15 is 0 Å². The quantitative estimate of drug-likeness (QED) is 0.581. The molecule has 122 valence electrons. The number of aryl methyl sites for hydroxylation is 1. The standard InChI is InChI=1S/C16H13ClN4O3/c1-20-14-5-3-2-4-12(14)19-15(20)9-18-16(22)11-8-10(17)6-7-13(11)21(23)24/h2-8H,9H2,1H3,(H,18,22). The molecule has 0 unspecified atom stereocenters. The first kappa shape index (κ1) is 15.9. The molecular weight excluding hydrogens is 332 g/mol. The van der Waals surface area contributed by atoms with Gasteiger partial charge in [0.25, 0.3) is 11.6 Å². The Labute approximate surface area is 142 Å². The van der Waals surface area contributed by atoms with Gasteiger partial charge in [0.05, 0.1) is 22.5 Å². The van der Waals surface area contributed by atoms with E-state index in [0.29, 0.717) is 5.82 Å². The van der Waals surface area contributed by atoms with Crippen LogP contribution in [0.1, 0.15) is 16.2 Å². The first-order chi connectivity index (χ1) is 11.5. The van der Waals surface area contributed by atoms with Crippen LogP contribution in [0.15, 0.2) is 42.5 Å². The minimum atomic E-state index is -0.611. The van der Waals surface area contributed by atoms with E-state index in [1.165, 1.54) is 18.2 Å². The minimum Gasteiger partial charge on any atom is -0.345 e. The van der Waals surface area contributed by atoms with Crippen LogP contribution in [-0.4, -0.2) is 20.4 Å². The number of hydrogen-bond acceptors (Lipinski definition) is 4. The second-order valence-corrected chi connectivity index (χ2v) is 5.61. The van der Waals surface area contributed by atoms with Crippen LogP contribution in [0.25, 0.3) is 11.0 Å². The predicted molar refractivity (Wildman–Crippen MR) is 90.0 cm³/mol. The summed E-state index contributed by atoms with van der Waals surface area (Å²) in [5, 5.41) is 14.0. The number of imidazole rings is 1. The Morgan fingerprint density at radius 1 is 1.33 bits per heavy atom. The molecule has 2 aromatic carbocycles. The normalized spacial score (nSPS) is 10.8. The van der Waals surface area contributed by atoms with Gasteiger partial charge in [0.2, 0.25) is 0 Å². The highest BCUT2D eigenvalue weighted by molar-refractivity contribution is 6.31. The maximum atomic E-state index is 12.3. The van der Waals surface area contributed by atoms with Crippen molar-refractivity contribution in [1.29, 1.82) is 0 Å². The van der Waals surface area contributed by atoms with Gasteiger partial charge >= 0.3 is 0 Å². The van der Waals surface area contributed by atoms with E-state index in [1.807, 2.05) is 35.9 Å². The van der Waals surface area contributed by atoms with E-state index in [4.69, 9.17) is 11.6 Å². The van der Waals surface area contributed by atoms with Crippen LogP contribution >= 0.6 is 11.6 Å². The smallest absolute Gasteiger partial charge is 0.282 e. The zero-order valence-electron chi connectivity index (χ0n) is 12.7. The summed E-state index contributed by atoms with van der Waals surface area (Å²) in [6.07, 6.45) is 0. The van der Waals surface area contributed by atoms with Crippen LogP contribution in [0.3, 0.4) is 0 Å². The molecule has 0 aliphatic rings. The second kappa shape index (κ2) is 6.29. The molecule has 0 bridgehead atoms. The SMILES string of the molecule is Cn1c(CNC(=O)c2cc(Cl)ccc2[N+](=O)[O-])nc2ccccc21. The fourth-order valence-corrected chi connectivity index (χ4v) is 2.63. The lowest BCUT2D eigenvalue weighted by atomic mass is 10.1. The number of nitro benzene ring substituents is 1. The van der Waals surface area contributed by atoms with Crippen molar-refractivity contribution >= 4 is 34.2 Å². The number of carbonyl (C=O) groups excluding carboxylic acids is 1. The van der Waals surface area contributed by atoms with Crippen LogP contribution in [0.4, 0.5) is 5.69 Å². The Hall–Kier alpha value is -2.93. The average molecular weight is 345 g/mol. The molecule has 1 N–H and O–H groups in total. The molecule has 1 aromatic heterocycles. The zero-order valence-corrected chi connectivity index (χ0v) is 13.4. The molecule has 0 saturated heterocycles. The van der Waals surface area contributed by atoms with Crippen LogP contribution in [0.2, 0.25) is 5.02 Å². The number of carbonyl (C=O) groups is 1. The Morgan fingerprint density at radius 2 is 2.08 bits per heavy atom. The van der Waals surface area contributed by atoms with Crippen LogP contribution < -0.4 is 5.32 Å². The Bertz CT molecular complexity index is 952. The zero-order chi connectivity index (χ0) is 17.3. The molecule has 1 amide bonds. The molecular formula is C16H13ClN4O3. The number of fused-ring (bicyclic) bond motifs is 1. The number of halogens is 1. The van der Waals surface area contributed by atoms with Gasteiger partial charge in [-0.15, -0.1) is 0 Å². The lowest BCUT2D eigenvalue weighted by Gasteiger charge is -2.06. The van der Waals surface area contributed by atoms with Crippen LogP contribution in [0, 0.1) is 10.1 Å². The first-order valence-corrected chi connectivity index (χ1v) is 7.47. The van der Waals surface area contributed by atoms with Crippen molar-refractivity contribution in [1.82, 2.24) is 14.9 Å². The molecule has 8 heteroatoms. The molecule has 0 aliphatic carbocycles. The molecule has 3 rings (SSSR count). The van der Waals surface area contributed by atoms with Gasteiger partial charge in [0.1, 0.15) is 11.4 Å². The fourth-order valence-electron chi connectivity index (χ4n) is 2.46. The number of nitro groups is 1. The van der Waals surface area contributed by atoms with Gasteiger partial charge in [-0.2, -0.15) is 0 Å². The third-order valence-corrected chi connectivity index (χ3v) is 3.92. The Morgan fingerprint density at radius 3 is 2.79 bits per heavy atom. The van der Waals surface area contributed by atoms with Gasteiger partial charge in [0.15, 0.2) is 0 Å². The van der Waals surface area contributed by atoms with Crippen molar-refractivity contribution in [2.75, 3.05) is 0 Å². The maximum absolute atomic E-state index is 12.3. The monoisotopic (exact) mass is 344 g/mol. The summed E-state index contributed by atoms with van der Waals surface area (Å²) in [5.74, 6) is 0.0745. The molecule has 0 atom stereocenters. The highest BCUT2D eigenvalue weighted by Crippen LogP contribution is 2.22. The summed E-state index contributed by atoms with van der Waals surface area (Å²) in [6, 6.07) is 11.5. The molecule has 3 aromatic rings. The molecule has 0 fully saturated rings. The number of hydrogen-bond donors (Lipinski definition) is 1. The molecule has 0 radical (unpaired) electrons. The lowest BCUT2D eigenvalue weighted by molar-refractivity contribution is -0.385. The predicted octanol–water partition coefficient (Wildman–Crippen LogP) is 3.06. The third kappa shape index (κ3) is 2.93. The average Bonchev–Trinajstić information content (AvgIpc) is 2.89. The van der Waals surface area contributed by atoms with Crippen molar-refractivity contribution in [2.45, 2.75) is 6.54 Å². The number of nitrogens with one attached hydrogen (secondary N) is 1. The van der Waals surface area contributed by atoms with Gasteiger partial charge in [-0.3, -0.25) is 14.9 Å². The number of para-hydroxylation sites is 2. The second-order valence-electron chi connectivity index (χ2n) is 5.18. The van der Waals surface area contributed by atoms with Crippen LogP contribution in [0.5, 0.6) is 0 Å². The molecule has 7 nitrogen and oxygen atoms in total. The number of nitrogens with zero attached hydrogens (tertiary/aromatic N) is 3. The van der Waals surface area contributed by atoms with Crippen molar-refractivity contribution < 1.29 is 9.72 Å². The molecule has 0 saturated carbocycles. The molecule has 0 spiro atoms. The van der Waals surface area contributed by atoms with Crippen molar-refractivity contribution in [3.05, 3.63) is 69.0 Å². The van der Waals surface area contributed by atoms with Gasteiger partial charge in [-0.1, -0.05) is 23.7 Å². The van der Waals surface area contributed by atoms with Crippen LogP contribution in [-0.2, 0) is 13.6 Å². The van der Waals surface area contributed by atoms with E-state index in [2.05, 4.69) is 10.3 Å². The maximum Gasteiger partial charge on any atom is 0.282 e. The molecule has 1 heterocycles. The van der Waals surface area contributed by atoms with Gasteiger partial charge in [0, 0.05) is 18.1 Å². The van der Waals surface area contributed by atoms with E-state index in [1.54, 1.807) is 0 Å². The summed E-state index contributed by atoms with van der Waals surface area (Å²) in [7, 11) is 1.85. The topological polar surface area (TPSA) is 90.1 Å². The Kier molecular flexibility index (Phi) is 4.18. The third-order valence-electron chi connectivity index (χ3n) is 3.69. The van der Waals surface area contributed by atoms with E-state index < -0.39 is 10.8 Å². The highest BCUT2D eigenvalue weighted by Gasteiger charge is 2.20. The number of amides is 1. The summed E-state index contributed by atoms with van der Waals surface area (Å²) in [6.45, 7) is 0.147. The molecule has 24 heavy (non-hydrogen) atoms. The lowest BCUT2D eigenvalue weighted by Crippen LogP contribution is -2.25. The summed E-state index contributed by atoms with van der Waals surface area (Å²) < 4.78 is 1.86.